The number of fused-ring (bicyclic) bond motifs is 1. The van der Waals surface area contributed by atoms with Gasteiger partial charge in [-0.1, -0.05) is 12.1 Å². The lowest BCUT2D eigenvalue weighted by Crippen LogP contribution is -2.44. The summed E-state index contributed by atoms with van der Waals surface area (Å²) in [6.07, 6.45) is 1.18. The van der Waals surface area contributed by atoms with Crippen molar-refractivity contribution in [2.45, 2.75) is 50.6 Å². The number of carboxylic acid groups (broad SMARTS) is 3. The summed E-state index contributed by atoms with van der Waals surface area (Å²) in [5.74, 6) is -5.50. The van der Waals surface area contributed by atoms with Crippen molar-refractivity contribution in [2.75, 3.05) is 5.73 Å². The Balaban J connectivity index is 1.54. The summed E-state index contributed by atoms with van der Waals surface area (Å²) in [6, 6.07) is 3.55. The van der Waals surface area contributed by atoms with Gasteiger partial charge in [-0.3, -0.25) is 24.2 Å². The minimum atomic E-state index is -1.44. The Morgan fingerprint density at radius 2 is 1.52 bits per heavy atom. The number of nitrogens with zero attached hydrogens (tertiary/aromatic N) is 1. The van der Waals surface area contributed by atoms with Crippen LogP contribution in [0.1, 0.15) is 47.2 Å². The molecule has 2 amide bonds. The van der Waals surface area contributed by atoms with Crippen molar-refractivity contribution in [2.24, 2.45) is 0 Å². The van der Waals surface area contributed by atoms with Gasteiger partial charge in [-0.05, 0) is 48.9 Å². The second-order valence-corrected chi connectivity index (χ2v) is 8.98. The predicted molar refractivity (Wildman–Crippen MR) is 140 cm³/mol. The third kappa shape index (κ3) is 7.89. The molecule has 0 bridgehead atoms. The highest BCUT2D eigenvalue weighted by Crippen LogP contribution is 2.16. The Bertz CT molecular complexity index is 1480. The van der Waals surface area contributed by atoms with E-state index in [2.05, 4.69) is 25.6 Å². The number of carbonyl (C=O) groups is 5. The van der Waals surface area contributed by atoms with Gasteiger partial charge in [0.1, 0.15) is 17.7 Å². The molecule has 1 aromatic carbocycles. The molecule has 0 saturated heterocycles. The molecule has 2 aromatic heterocycles. The van der Waals surface area contributed by atoms with Crippen molar-refractivity contribution in [1.82, 2.24) is 25.6 Å². The fourth-order valence-electron chi connectivity index (χ4n) is 3.99. The van der Waals surface area contributed by atoms with Crippen LogP contribution < -0.4 is 21.9 Å². The topological polar surface area (TPSA) is 258 Å². The average Bonchev–Trinajstić information content (AvgIpc) is 3.30. The molecule has 0 aliphatic heterocycles. The molecule has 40 heavy (non-hydrogen) atoms. The number of carbonyl (C=O) groups excluding carboxylic acids is 2. The lowest BCUT2D eigenvalue weighted by molar-refractivity contribution is -0.143. The quantitative estimate of drug-likeness (QED) is 0.131. The maximum atomic E-state index is 12.6. The summed E-state index contributed by atoms with van der Waals surface area (Å²) in [7, 11) is 0. The molecule has 0 unspecified atom stereocenters. The van der Waals surface area contributed by atoms with Gasteiger partial charge in [0.2, 0.25) is 11.9 Å². The third-order valence-corrected chi connectivity index (χ3v) is 6.08. The van der Waals surface area contributed by atoms with E-state index in [1.165, 1.54) is 12.1 Å². The maximum Gasteiger partial charge on any atom is 0.326 e. The number of aromatic amines is 2. The van der Waals surface area contributed by atoms with Gasteiger partial charge in [0.15, 0.2) is 0 Å². The number of anilines is 1. The molecule has 3 rings (SSSR count). The second-order valence-electron chi connectivity index (χ2n) is 8.98. The van der Waals surface area contributed by atoms with Crippen LogP contribution >= 0.6 is 0 Å². The summed E-state index contributed by atoms with van der Waals surface area (Å²) in [6.45, 7) is 0. The minimum absolute atomic E-state index is 0.00739. The molecule has 0 fully saturated rings. The van der Waals surface area contributed by atoms with Crippen LogP contribution in [-0.4, -0.2) is 72.1 Å². The molecule has 2 atom stereocenters. The molecule has 0 aliphatic rings. The van der Waals surface area contributed by atoms with Crippen molar-refractivity contribution in [3.05, 3.63) is 57.5 Å². The molecule has 212 valence electrons. The number of nitrogens with two attached hydrogens (primary N) is 1. The van der Waals surface area contributed by atoms with Crippen LogP contribution in [0.3, 0.4) is 0 Å². The zero-order valence-corrected chi connectivity index (χ0v) is 21.1. The summed E-state index contributed by atoms with van der Waals surface area (Å²) >= 11 is 0. The largest absolute Gasteiger partial charge is 0.481 e. The monoisotopic (exact) mass is 556 g/mol. The van der Waals surface area contributed by atoms with Crippen molar-refractivity contribution < 1.29 is 39.3 Å². The molecular weight excluding hydrogens is 528 g/mol. The smallest absolute Gasteiger partial charge is 0.326 e. The summed E-state index contributed by atoms with van der Waals surface area (Å²) in [4.78, 5) is 79.9. The Morgan fingerprint density at radius 3 is 2.15 bits per heavy atom. The molecule has 15 nitrogen and oxygen atoms in total. The zero-order chi connectivity index (χ0) is 29.4. The molecule has 2 heterocycles. The molecule has 0 aliphatic carbocycles. The Kier molecular flexibility index (Phi) is 9.56. The van der Waals surface area contributed by atoms with Crippen molar-refractivity contribution in [1.29, 1.82) is 0 Å². The predicted octanol–water partition coefficient (Wildman–Crippen LogP) is 0.0160. The van der Waals surface area contributed by atoms with Crippen molar-refractivity contribution >= 4 is 46.7 Å². The Hall–Kier alpha value is -5.21. The number of aryl methyl sites for hydroxylation is 2. The highest BCUT2D eigenvalue weighted by Gasteiger charge is 2.24. The molecule has 0 saturated carbocycles. The number of aromatic nitrogens is 3. The normalized spacial score (nSPS) is 12.4. The van der Waals surface area contributed by atoms with Gasteiger partial charge in [0, 0.05) is 24.6 Å². The van der Waals surface area contributed by atoms with Crippen LogP contribution in [0.15, 0.2) is 35.3 Å². The Morgan fingerprint density at radius 1 is 0.900 bits per heavy atom. The highest BCUT2D eigenvalue weighted by atomic mass is 16.4. The van der Waals surface area contributed by atoms with Gasteiger partial charge in [-0.15, -0.1) is 0 Å². The first kappa shape index (κ1) is 29.3. The van der Waals surface area contributed by atoms with Gasteiger partial charge in [0.25, 0.3) is 11.5 Å². The molecule has 3 aromatic rings. The highest BCUT2D eigenvalue weighted by molar-refractivity contribution is 5.96. The van der Waals surface area contributed by atoms with Gasteiger partial charge < -0.3 is 36.7 Å². The lowest BCUT2D eigenvalue weighted by Gasteiger charge is -2.16. The number of hydrogen-bond donors (Lipinski definition) is 8. The number of rotatable bonds is 14. The van der Waals surface area contributed by atoms with Gasteiger partial charge in [-0.25, -0.2) is 9.59 Å². The van der Waals surface area contributed by atoms with E-state index in [4.69, 9.17) is 15.9 Å². The second kappa shape index (κ2) is 13.0. The molecule has 15 heteroatoms. The van der Waals surface area contributed by atoms with Crippen molar-refractivity contribution in [3.8, 4) is 0 Å². The first-order chi connectivity index (χ1) is 18.9. The first-order valence-electron chi connectivity index (χ1n) is 12.2. The SMILES string of the molecule is Nc1nc2[nH]cc(CCc3ccc(C(=O)N[C@@H](CCC(=O)N[C@@H](CCC(=O)O)C(=O)O)C(=O)O)cc3)c2c(=O)[nH]1. The van der Waals surface area contributed by atoms with Crippen LogP contribution in [0.25, 0.3) is 11.0 Å². The van der Waals surface area contributed by atoms with Crippen LogP contribution in [-0.2, 0) is 32.0 Å². The number of nitrogen functional groups attached to an aromatic ring is 1. The number of nitrogens with one attached hydrogen (secondary N) is 4. The fourth-order valence-corrected chi connectivity index (χ4v) is 3.99. The number of H-pyrrole nitrogens is 2. The van der Waals surface area contributed by atoms with E-state index in [0.29, 0.717) is 23.9 Å². The molecule has 0 spiro atoms. The number of aliphatic carboxylic acids is 3. The fraction of sp³-hybridized carbons (Fsp3) is 0.320. The Labute approximate surface area is 225 Å². The summed E-state index contributed by atoms with van der Waals surface area (Å²) < 4.78 is 0. The number of amides is 2. The summed E-state index contributed by atoms with van der Waals surface area (Å²) in [5, 5.41) is 32.2. The summed E-state index contributed by atoms with van der Waals surface area (Å²) in [5.41, 5.74) is 7.37. The van der Waals surface area contributed by atoms with Gasteiger partial charge >= 0.3 is 17.9 Å². The number of hydrogen-bond acceptors (Lipinski definition) is 8. The van der Waals surface area contributed by atoms with E-state index in [1.807, 2.05) is 0 Å². The van der Waals surface area contributed by atoms with E-state index < -0.39 is 54.6 Å². The zero-order valence-electron chi connectivity index (χ0n) is 21.1. The van der Waals surface area contributed by atoms with Crippen LogP contribution in [0.5, 0.6) is 0 Å². The average molecular weight is 557 g/mol. The standard InChI is InChI=1S/C25H28N6O9/c26-25-30-20-19(22(36)31-25)14(11-27-20)6-3-12-1-4-13(5-2-12)21(35)29-16(24(39)40)7-9-17(32)28-15(23(37)38)8-10-18(33)34/h1-2,4-5,11,15-16H,3,6-10H2,(H,28,32)(H,29,35)(H,33,34)(H,37,38)(H,39,40)(H4,26,27,30,31,36)/t15-,16-/m0/s1. The van der Waals surface area contributed by atoms with E-state index in [-0.39, 0.29) is 29.9 Å². The van der Waals surface area contributed by atoms with Gasteiger partial charge in [-0.2, -0.15) is 4.98 Å². The van der Waals surface area contributed by atoms with Crippen LogP contribution in [0, 0.1) is 0 Å². The first-order valence-corrected chi connectivity index (χ1v) is 12.2. The molecule has 0 radical (unpaired) electrons. The van der Waals surface area contributed by atoms with Crippen LogP contribution in [0.4, 0.5) is 5.95 Å². The van der Waals surface area contributed by atoms with Gasteiger partial charge in [0.05, 0.1) is 5.39 Å². The van der Waals surface area contributed by atoms with E-state index in [9.17, 15) is 33.9 Å². The van der Waals surface area contributed by atoms with E-state index in [0.717, 1.165) is 11.1 Å². The molecule has 9 N–H and O–H groups in total. The van der Waals surface area contributed by atoms with Crippen molar-refractivity contribution in [3.63, 3.8) is 0 Å². The minimum Gasteiger partial charge on any atom is -0.481 e. The number of benzene rings is 1. The van der Waals surface area contributed by atoms with E-state index in [1.54, 1.807) is 18.3 Å². The third-order valence-electron chi connectivity index (χ3n) is 6.08. The number of carboxylic acids is 3. The molecular formula is C25H28N6O9. The lowest BCUT2D eigenvalue weighted by atomic mass is 10.0. The van der Waals surface area contributed by atoms with E-state index >= 15 is 0 Å². The van der Waals surface area contributed by atoms with Crippen LogP contribution in [0.2, 0.25) is 0 Å². The maximum absolute atomic E-state index is 12.6.